The molecule has 0 bridgehead atoms. The summed E-state index contributed by atoms with van der Waals surface area (Å²) in [6, 6.07) is 3.63. The molecule has 0 saturated carbocycles. The monoisotopic (exact) mass is 237 g/mol. The van der Waals surface area contributed by atoms with Gasteiger partial charge in [-0.1, -0.05) is 23.7 Å². The van der Waals surface area contributed by atoms with Crippen molar-refractivity contribution in [2.24, 2.45) is 5.73 Å². The Kier molecular flexibility index (Phi) is 3.62. The van der Waals surface area contributed by atoms with Crippen LogP contribution >= 0.6 is 11.6 Å². The number of hydrogen-bond donors (Lipinski definition) is 1. The molecule has 0 spiro atoms. The number of halogens is 4. The van der Waals surface area contributed by atoms with Crippen LogP contribution in [-0.2, 0) is 0 Å². The maximum absolute atomic E-state index is 12.1. The molecule has 1 aromatic rings. The fourth-order valence-corrected chi connectivity index (χ4v) is 1.38. The van der Waals surface area contributed by atoms with Gasteiger partial charge in [-0.15, -0.1) is 0 Å². The van der Waals surface area contributed by atoms with Gasteiger partial charge in [-0.3, -0.25) is 0 Å². The van der Waals surface area contributed by atoms with Crippen molar-refractivity contribution in [1.29, 1.82) is 0 Å². The Hall–Kier alpha value is -0.740. The predicted octanol–water partition coefficient (Wildman–Crippen LogP) is 3.60. The summed E-state index contributed by atoms with van der Waals surface area (Å²) < 4.78 is 36.2. The normalized spacial score (nSPS) is 14.0. The number of hydrogen-bond acceptors (Lipinski definition) is 1. The molecule has 0 fully saturated rings. The maximum Gasteiger partial charge on any atom is 0.390 e. The number of alkyl halides is 3. The summed E-state index contributed by atoms with van der Waals surface area (Å²) in [5.74, 6) is 0. The molecular formula is C10H11ClF3N. The Morgan fingerprint density at radius 1 is 1.40 bits per heavy atom. The van der Waals surface area contributed by atoms with E-state index in [4.69, 9.17) is 17.3 Å². The lowest BCUT2D eigenvalue weighted by molar-refractivity contribution is -0.138. The first kappa shape index (κ1) is 12.3. The fraction of sp³-hybridized carbons (Fsp3) is 0.400. The molecule has 1 rings (SSSR count). The van der Waals surface area contributed by atoms with Crippen molar-refractivity contribution in [2.45, 2.75) is 25.6 Å². The molecule has 1 aromatic carbocycles. The third-order valence-electron chi connectivity index (χ3n) is 2.06. The highest BCUT2D eigenvalue weighted by Gasteiger charge is 2.30. The second kappa shape index (κ2) is 4.41. The summed E-state index contributed by atoms with van der Waals surface area (Å²) in [5, 5.41) is 0.526. The van der Waals surface area contributed by atoms with E-state index in [1.807, 2.05) is 0 Å². The first-order valence-corrected chi connectivity index (χ1v) is 4.76. The lowest BCUT2D eigenvalue weighted by atomic mass is 10.0. The lowest BCUT2D eigenvalue weighted by Gasteiger charge is -2.15. The van der Waals surface area contributed by atoms with Crippen molar-refractivity contribution < 1.29 is 13.2 Å². The van der Waals surface area contributed by atoms with Crippen LogP contribution in [0.25, 0.3) is 0 Å². The molecule has 15 heavy (non-hydrogen) atoms. The Labute approximate surface area is 91.0 Å². The summed E-state index contributed by atoms with van der Waals surface area (Å²) >= 11 is 5.76. The number of nitrogens with two attached hydrogens (primary N) is 1. The Balaban J connectivity index is 2.83. The summed E-state index contributed by atoms with van der Waals surface area (Å²) in [6.07, 6.45) is -5.26. The molecule has 5 heteroatoms. The van der Waals surface area contributed by atoms with Gasteiger partial charge in [0, 0.05) is 11.1 Å². The molecule has 0 aliphatic rings. The Morgan fingerprint density at radius 3 is 2.47 bits per heavy atom. The van der Waals surface area contributed by atoms with Crippen molar-refractivity contribution in [3.05, 3.63) is 34.3 Å². The molecule has 1 atom stereocenters. The van der Waals surface area contributed by atoms with Gasteiger partial charge in [-0.2, -0.15) is 13.2 Å². The minimum absolute atomic E-state index is 0.453. The second-order valence-corrected chi connectivity index (χ2v) is 3.84. The fourth-order valence-electron chi connectivity index (χ4n) is 1.27. The van der Waals surface area contributed by atoms with Gasteiger partial charge in [-0.25, -0.2) is 0 Å². The van der Waals surface area contributed by atoms with Crippen molar-refractivity contribution in [2.75, 3.05) is 0 Å². The minimum Gasteiger partial charge on any atom is -0.324 e. The van der Waals surface area contributed by atoms with Gasteiger partial charge < -0.3 is 5.73 Å². The van der Waals surface area contributed by atoms with Crippen LogP contribution in [0.4, 0.5) is 13.2 Å². The largest absolute Gasteiger partial charge is 0.390 e. The quantitative estimate of drug-likeness (QED) is 0.836. The summed E-state index contributed by atoms with van der Waals surface area (Å²) in [6.45, 7) is 1.73. The third kappa shape index (κ3) is 3.72. The number of aryl methyl sites for hydroxylation is 1. The zero-order chi connectivity index (χ0) is 11.6. The topological polar surface area (TPSA) is 26.0 Å². The van der Waals surface area contributed by atoms with Gasteiger partial charge in [0.1, 0.15) is 0 Å². The van der Waals surface area contributed by atoms with Crippen molar-refractivity contribution in [3.8, 4) is 0 Å². The van der Waals surface area contributed by atoms with Crippen LogP contribution in [0.15, 0.2) is 18.2 Å². The van der Waals surface area contributed by atoms with Gasteiger partial charge in [0.05, 0.1) is 6.42 Å². The van der Waals surface area contributed by atoms with Crippen LogP contribution in [0.1, 0.15) is 23.6 Å². The van der Waals surface area contributed by atoms with Gasteiger partial charge in [0.25, 0.3) is 0 Å². The molecule has 0 aromatic heterocycles. The van der Waals surface area contributed by atoms with E-state index in [2.05, 4.69) is 0 Å². The van der Waals surface area contributed by atoms with Crippen LogP contribution < -0.4 is 5.73 Å². The van der Waals surface area contributed by atoms with E-state index in [9.17, 15) is 13.2 Å². The van der Waals surface area contributed by atoms with Crippen LogP contribution in [0.2, 0.25) is 5.02 Å². The van der Waals surface area contributed by atoms with Crippen LogP contribution in [0, 0.1) is 6.92 Å². The van der Waals surface area contributed by atoms with Crippen LogP contribution in [0.3, 0.4) is 0 Å². The van der Waals surface area contributed by atoms with E-state index in [1.54, 1.807) is 19.1 Å². The molecule has 1 nitrogen and oxygen atoms in total. The minimum atomic E-state index is -4.24. The molecule has 0 aliphatic heterocycles. The number of rotatable bonds is 2. The highest BCUT2D eigenvalue weighted by Crippen LogP contribution is 2.29. The average molecular weight is 238 g/mol. The molecule has 0 unspecified atom stereocenters. The lowest BCUT2D eigenvalue weighted by Crippen LogP contribution is -2.20. The van der Waals surface area contributed by atoms with Gasteiger partial charge in [-0.05, 0) is 24.1 Å². The standard InChI is InChI=1S/C10H11ClF3N/c1-6-4-7(2-3-8(6)11)9(15)5-10(12,13)14/h2-4,9H,5,15H2,1H3/t9-/m0/s1. The summed E-state index contributed by atoms with van der Waals surface area (Å²) in [4.78, 5) is 0. The molecule has 0 amide bonds. The number of benzene rings is 1. The van der Waals surface area contributed by atoms with Gasteiger partial charge >= 0.3 is 6.18 Å². The van der Waals surface area contributed by atoms with E-state index in [0.717, 1.165) is 5.56 Å². The van der Waals surface area contributed by atoms with Crippen LogP contribution in [0.5, 0.6) is 0 Å². The zero-order valence-corrected chi connectivity index (χ0v) is 8.86. The SMILES string of the molecule is Cc1cc([C@@H](N)CC(F)(F)F)ccc1Cl. The van der Waals surface area contributed by atoms with Crippen molar-refractivity contribution in [3.63, 3.8) is 0 Å². The zero-order valence-electron chi connectivity index (χ0n) is 8.11. The molecule has 0 radical (unpaired) electrons. The maximum atomic E-state index is 12.1. The van der Waals surface area contributed by atoms with Gasteiger partial charge in [0.15, 0.2) is 0 Å². The van der Waals surface area contributed by atoms with Gasteiger partial charge in [0.2, 0.25) is 0 Å². The summed E-state index contributed by atoms with van der Waals surface area (Å²) in [5.41, 5.74) is 6.62. The average Bonchev–Trinajstić information content (AvgIpc) is 2.06. The van der Waals surface area contributed by atoms with E-state index in [-0.39, 0.29) is 0 Å². The van der Waals surface area contributed by atoms with E-state index in [1.165, 1.54) is 6.07 Å². The smallest absolute Gasteiger partial charge is 0.324 e. The van der Waals surface area contributed by atoms with Crippen molar-refractivity contribution in [1.82, 2.24) is 0 Å². The first-order chi connectivity index (χ1) is 6.79. The van der Waals surface area contributed by atoms with Crippen LogP contribution in [-0.4, -0.2) is 6.18 Å². The first-order valence-electron chi connectivity index (χ1n) is 4.38. The molecule has 84 valence electrons. The Bertz CT molecular complexity index is 349. The van der Waals surface area contributed by atoms with E-state index < -0.39 is 18.6 Å². The molecule has 2 N–H and O–H groups in total. The third-order valence-corrected chi connectivity index (χ3v) is 2.49. The highest BCUT2D eigenvalue weighted by molar-refractivity contribution is 6.31. The van der Waals surface area contributed by atoms with E-state index >= 15 is 0 Å². The predicted molar refractivity (Wildman–Crippen MR) is 53.8 cm³/mol. The van der Waals surface area contributed by atoms with E-state index in [0.29, 0.717) is 10.6 Å². The Morgan fingerprint density at radius 2 is 2.00 bits per heavy atom. The second-order valence-electron chi connectivity index (χ2n) is 3.43. The molecular weight excluding hydrogens is 227 g/mol. The molecule has 0 heterocycles. The highest BCUT2D eigenvalue weighted by atomic mass is 35.5. The molecule has 0 aliphatic carbocycles. The van der Waals surface area contributed by atoms with Crippen molar-refractivity contribution >= 4 is 11.6 Å². The summed E-state index contributed by atoms with van der Waals surface area (Å²) in [7, 11) is 0. The molecule has 0 saturated heterocycles.